The molecule has 104 valence electrons. The van der Waals surface area contributed by atoms with Crippen LogP contribution < -0.4 is 5.32 Å². The summed E-state index contributed by atoms with van der Waals surface area (Å²) in [6.07, 6.45) is 2.53. The molecule has 0 spiro atoms. The standard InChI is InChI=1S/C11H16N4O4/c1-14-6-8(5-13-14)4-12-11(18)15-2-3-19-9(7-15)10(16)17/h5-6,9H,2-4,7H2,1H3,(H,12,18)(H,16,17). The first-order chi connectivity index (χ1) is 9.06. The molecular weight excluding hydrogens is 252 g/mol. The van der Waals surface area contributed by atoms with Gasteiger partial charge in [-0.25, -0.2) is 9.59 Å². The highest BCUT2D eigenvalue weighted by molar-refractivity contribution is 5.77. The number of carbonyl (C=O) groups excluding carboxylic acids is 1. The lowest BCUT2D eigenvalue weighted by Gasteiger charge is -2.30. The topological polar surface area (TPSA) is 96.7 Å². The molecule has 0 radical (unpaired) electrons. The highest BCUT2D eigenvalue weighted by Crippen LogP contribution is 2.06. The van der Waals surface area contributed by atoms with Crippen LogP contribution in [-0.4, -0.2) is 57.6 Å². The van der Waals surface area contributed by atoms with Gasteiger partial charge in [-0.2, -0.15) is 5.10 Å². The number of urea groups is 1. The van der Waals surface area contributed by atoms with E-state index in [1.165, 1.54) is 4.90 Å². The van der Waals surface area contributed by atoms with Gasteiger partial charge in [-0.05, 0) is 0 Å². The van der Waals surface area contributed by atoms with Gasteiger partial charge in [0.15, 0.2) is 6.10 Å². The third kappa shape index (κ3) is 3.44. The van der Waals surface area contributed by atoms with Gasteiger partial charge >= 0.3 is 12.0 Å². The molecule has 0 bridgehead atoms. The molecule has 2 N–H and O–H groups in total. The minimum absolute atomic E-state index is 0.0637. The summed E-state index contributed by atoms with van der Waals surface area (Å²) in [4.78, 5) is 24.1. The smallest absolute Gasteiger partial charge is 0.334 e. The van der Waals surface area contributed by atoms with Crippen LogP contribution in [-0.2, 0) is 23.1 Å². The van der Waals surface area contributed by atoms with E-state index in [0.717, 1.165) is 5.56 Å². The number of amides is 2. The maximum Gasteiger partial charge on any atom is 0.334 e. The van der Waals surface area contributed by atoms with Crippen LogP contribution in [0.1, 0.15) is 5.56 Å². The number of carbonyl (C=O) groups is 2. The summed E-state index contributed by atoms with van der Waals surface area (Å²) < 4.78 is 6.70. The summed E-state index contributed by atoms with van der Waals surface area (Å²) in [5, 5.41) is 15.6. The molecule has 2 amide bonds. The second-order valence-corrected chi connectivity index (χ2v) is 4.32. The van der Waals surface area contributed by atoms with E-state index < -0.39 is 12.1 Å². The Kier molecular flexibility index (Phi) is 4.00. The summed E-state index contributed by atoms with van der Waals surface area (Å²) in [6.45, 7) is 1.05. The van der Waals surface area contributed by atoms with E-state index >= 15 is 0 Å². The molecule has 2 heterocycles. The van der Waals surface area contributed by atoms with Crippen molar-refractivity contribution in [3.63, 3.8) is 0 Å². The summed E-state index contributed by atoms with van der Waals surface area (Å²) in [6, 6.07) is -0.293. The fourth-order valence-corrected chi connectivity index (χ4v) is 1.84. The van der Waals surface area contributed by atoms with Gasteiger partial charge in [-0.1, -0.05) is 0 Å². The molecule has 8 heteroatoms. The molecule has 0 saturated carbocycles. The molecule has 1 aromatic rings. The van der Waals surface area contributed by atoms with Crippen molar-refractivity contribution in [1.29, 1.82) is 0 Å². The highest BCUT2D eigenvalue weighted by Gasteiger charge is 2.28. The molecule has 0 aromatic carbocycles. The average Bonchev–Trinajstić information content (AvgIpc) is 2.82. The molecule has 1 unspecified atom stereocenters. The monoisotopic (exact) mass is 268 g/mol. The fraction of sp³-hybridized carbons (Fsp3) is 0.545. The molecule has 1 aromatic heterocycles. The van der Waals surface area contributed by atoms with Gasteiger partial charge in [-0.3, -0.25) is 4.68 Å². The maximum atomic E-state index is 11.9. The summed E-state index contributed by atoms with van der Waals surface area (Å²) in [7, 11) is 1.80. The van der Waals surface area contributed by atoms with Crippen LogP contribution in [0.2, 0.25) is 0 Å². The second kappa shape index (κ2) is 5.70. The Morgan fingerprint density at radius 1 is 1.63 bits per heavy atom. The van der Waals surface area contributed by atoms with Crippen LogP contribution in [0.15, 0.2) is 12.4 Å². The first kappa shape index (κ1) is 13.3. The average molecular weight is 268 g/mol. The van der Waals surface area contributed by atoms with Crippen LogP contribution >= 0.6 is 0 Å². The lowest BCUT2D eigenvalue weighted by molar-refractivity contribution is -0.154. The molecule has 2 rings (SSSR count). The normalized spacial score (nSPS) is 19.2. The Morgan fingerprint density at radius 2 is 2.42 bits per heavy atom. The van der Waals surface area contributed by atoms with Crippen molar-refractivity contribution in [2.24, 2.45) is 7.05 Å². The van der Waals surface area contributed by atoms with Crippen molar-refractivity contribution in [2.45, 2.75) is 12.6 Å². The van der Waals surface area contributed by atoms with Gasteiger partial charge in [0.2, 0.25) is 0 Å². The Hall–Kier alpha value is -2.09. The van der Waals surface area contributed by atoms with Gasteiger partial charge in [0.1, 0.15) is 0 Å². The number of nitrogens with zero attached hydrogens (tertiary/aromatic N) is 3. The first-order valence-electron chi connectivity index (χ1n) is 5.91. The Labute approximate surface area is 109 Å². The molecule has 19 heavy (non-hydrogen) atoms. The third-order valence-corrected chi connectivity index (χ3v) is 2.83. The van der Waals surface area contributed by atoms with Crippen molar-refractivity contribution in [3.05, 3.63) is 18.0 Å². The number of carboxylic acids is 1. The van der Waals surface area contributed by atoms with E-state index in [1.807, 2.05) is 0 Å². The van der Waals surface area contributed by atoms with Gasteiger partial charge in [-0.15, -0.1) is 0 Å². The van der Waals surface area contributed by atoms with Gasteiger partial charge in [0, 0.05) is 31.9 Å². The number of ether oxygens (including phenoxy) is 1. The van der Waals surface area contributed by atoms with Gasteiger partial charge in [0.05, 0.1) is 19.3 Å². The summed E-state index contributed by atoms with van der Waals surface area (Å²) in [5.74, 6) is -1.05. The maximum absolute atomic E-state index is 11.9. The minimum Gasteiger partial charge on any atom is -0.479 e. The second-order valence-electron chi connectivity index (χ2n) is 4.32. The molecule has 0 aliphatic carbocycles. The van der Waals surface area contributed by atoms with Crippen molar-refractivity contribution in [1.82, 2.24) is 20.0 Å². The fourth-order valence-electron chi connectivity index (χ4n) is 1.84. The number of hydrogen-bond donors (Lipinski definition) is 2. The number of nitrogens with one attached hydrogen (secondary N) is 1. The predicted octanol–water partition coefficient (Wildman–Crippen LogP) is -0.585. The van der Waals surface area contributed by atoms with Gasteiger partial charge in [0.25, 0.3) is 0 Å². The zero-order chi connectivity index (χ0) is 13.8. The number of aromatic nitrogens is 2. The highest BCUT2D eigenvalue weighted by atomic mass is 16.5. The van der Waals surface area contributed by atoms with Crippen LogP contribution in [0.4, 0.5) is 4.79 Å². The molecule has 1 fully saturated rings. The number of carboxylic acid groups (broad SMARTS) is 1. The van der Waals surface area contributed by atoms with Crippen LogP contribution in [0.25, 0.3) is 0 Å². The van der Waals surface area contributed by atoms with E-state index in [9.17, 15) is 9.59 Å². The van der Waals surface area contributed by atoms with Crippen molar-refractivity contribution >= 4 is 12.0 Å². The zero-order valence-electron chi connectivity index (χ0n) is 10.6. The Bertz CT molecular complexity index is 473. The number of morpholine rings is 1. The molecule has 1 aliphatic rings. The minimum atomic E-state index is -1.05. The lowest BCUT2D eigenvalue weighted by atomic mass is 10.3. The van der Waals surface area contributed by atoms with E-state index in [2.05, 4.69) is 10.4 Å². The zero-order valence-corrected chi connectivity index (χ0v) is 10.6. The molecule has 1 atom stereocenters. The number of aryl methyl sites for hydroxylation is 1. The first-order valence-corrected chi connectivity index (χ1v) is 5.91. The lowest BCUT2D eigenvalue weighted by Crippen LogP contribution is -2.51. The van der Waals surface area contributed by atoms with Crippen LogP contribution in [0, 0.1) is 0 Å². The molecule has 8 nitrogen and oxygen atoms in total. The molecular formula is C11H16N4O4. The molecule has 1 saturated heterocycles. The van der Waals surface area contributed by atoms with E-state index in [-0.39, 0.29) is 19.2 Å². The van der Waals surface area contributed by atoms with E-state index in [4.69, 9.17) is 9.84 Å². The Balaban J connectivity index is 1.84. The van der Waals surface area contributed by atoms with Crippen molar-refractivity contribution in [3.8, 4) is 0 Å². The number of aliphatic carboxylic acids is 1. The largest absolute Gasteiger partial charge is 0.479 e. The van der Waals surface area contributed by atoms with E-state index in [1.54, 1.807) is 24.1 Å². The summed E-state index contributed by atoms with van der Waals surface area (Å²) >= 11 is 0. The van der Waals surface area contributed by atoms with Crippen LogP contribution in [0.5, 0.6) is 0 Å². The summed E-state index contributed by atoms with van der Waals surface area (Å²) in [5.41, 5.74) is 0.888. The molecule has 1 aliphatic heterocycles. The van der Waals surface area contributed by atoms with Gasteiger partial charge < -0.3 is 20.1 Å². The van der Waals surface area contributed by atoms with Crippen LogP contribution in [0.3, 0.4) is 0 Å². The number of rotatable bonds is 3. The van der Waals surface area contributed by atoms with Crippen molar-refractivity contribution in [2.75, 3.05) is 19.7 Å². The number of hydrogen-bond acceptors (Lipinski definition) is 4. The SMILES string of the molecule is Cn1cc(CNC(=O)N2CCOC(C(=O)O)C2)cn1. The van der Waals surface area contributed by atoms with Crippen molar-refractivity contribution < 1.29 is 19.4 Å². The quantitative estimate of drug-likeness (QED) is 0.764. The predicted molar refractivity (Wildman–Crippen MR) is 64.4 cm³/mol. The van der Waals surface area contributed by atoms with E-state index in [0.29, 0.717) is 13.1 Å². The third-order valence-electron chi connectivity index (χ3n) is 2.83. The Morgan fingerprint density at radius 3 is 3.05 bits per heavy atom.